The molecule has 1 rings (SSSR count). The van der Waals surface area contributed by atoms with Crippen LogP contribution in [0.2, 0.25) is 0 Å². The maximum Gasteiger partial charge on any atom is 3.00 e. The number of rotatable bonds is 6. The van der Waals surface area contributed by atoms with Crippen LogP contribution < -0.4 is 15.3 Å². The quantitative estimate of drug-likeness (QED) is 0.612. The fraction of sp³-hybridized carbons (Fsp3) is 0.833. The summed E-state index contributed by atoms with van der Waals surface area (Å²) in [5, 5.41) is 28.5. The molecule has 1 fully saturated rings. The van der Waals surface area contributed by atoms with Gasteiger partial charge < -0.3 is 29.7 Å². The Hall–Kier alpha value is -1.07. The molecular formula is C18H33MnO6. The fourth-order valence-corrected chi connectivity index (χ4v) is 1.67. The summed E-state index contributed by atoms with van der Waals surface area (Å²) in [6.07, 6.45) is 11.5. The fourth-order valence-electron chi connectivity index (χ4n) is 1.67. The van der Waals surface area contributed by atoms with Crippen molar-refractivity contribution in [3.05, 3.63) is 0 Å². The van der Waals surface area contributed by atoms with Gasteiger partial charge in [0.25, 0.3) is 0 Å². The Kier molecular flexibility index (Phi) is 35.2. The number of hydrogen-bond donors (Lipinski definition) is 0. The van der Waals surface area contributed by atoms with Crippen LogP contribution in [0.3, 0.4) is 0 Å². The van der Waals surface area contributed by atoms with Crippen molar-refractivity contribution in [3.63, 3.8) is 0 Å². The van der Waals surface area contributed by atoms with Crippen molar-refractivity contribution in [1.82, 2.24) is 0 Å². The first-order valence-corrected chi connectivity index (χ1v) is 8.91. The van der Waals surface area contributed by atoms with Crippen LogP contribution >= 0.6 is 0 Å². The van der Waals surface area contributed by atoms with E-state index >= 15 is 0 Å². The molecule has 7 heteroatoms. The predicted octanol–water partition coefficient (Wildman–Crippen LogP) is 0.947. The molecule has 0 heterocycles. The van der Waals surface area contributed by atoms with Crippen LogP contribution in [-0.2, 0) is 31.5 Å². The maximum atomic E-state index is 9.49. The summed E-state index contributed by atoms with van der Waals surface area (Å²) in [5.74, 6) is -2.88. The Morgan fingerprint density at radius 1 is 0.560 bits per heavy atom. The SMILES string of the molecule is C1CCCCC1.CCCC(=O)[O-].CCCC(=O)[O-].CCCC(=O)[O-].[Mn+3]. The van der Waals surface area contributed by atoms with Gasteiger partial charge in [-0.2, -0.15) is 0 Å². The van der Waals surface area contributed by atoms with E-state index in [-0.39, 0.29) is 36.3 Å². The smallest absolute Gasteiger partial charge is 0.550 e. The van der Waals surface area contributed by atoms with Crippen LogP contribution in [0.5, 0.6) is 0 Å². The number of carbonyl (C=O) groups is 3. The number of hydrogen-bond acceptors (Lipinski definition) is 6. The third-order valence-electron chi connectivity index (χ3n) is 2.86. The Morgan fingerprint density at radius 3 is 0.760 bits per heavy atom. The summed E-state index contributed by atoms with van der Waals surface area (Å²) < 4.78 is 0. The van der Waals surface area contributed by atoms with Gasteiger partial charge in [0.05, 0.1) is 0 Å². The topological polar surface area (TPSA) is 120 Å². The maximum absolute atomic E-state index is 9.49. The molecule has 0 bridgehead atoms. The zero-order chi connectivity index (χ0) is 19.2. The molecule has 0 spiro atoms. The Labute approximate surface area is 162 Å². The number of carboxylic acids is 3. The number of carboxylic acid groups (broad SMARTS) is 3. The zero-order valence-electron chi connectivity index (χ0n) is 15.8. The van der Waals surface area contributed by atoms with Gasteiger partial charge in [-0.1, -0.05) is 78.6 Å². The van der Waals surface area contributed by atoms with E-state index in [1.54, 1.807) is 20.8 Å². The van der Waals surface area contributed by atoms with Gasteiger partial charge in [-0.3, -0.25) is 0 Å². The zero-order valence-corrected chi connectivity index (χ0v) is 17.0. The molecule has 1 saturated carbocycles. The van der Waals surface area contributed by atoms with Crippen molar-refractivity contribution in [1.29, 1.82) is 0 Å². The standard InChI is InChI=1S/C6H12.3C4H8O2.Mn/c1-2-4-6-5-3-1;3*1-2-3-4(5)6;/h1-6H2;3*2-3H2,1H3,(H,5,6);/q;;;;+3/p-3. The second kappa shape index (κ2) is 27.8. The first-order chi connectivity index (χ1) is 11.3. The molecule has 6 nitrogen and oxygen atoms in total. The minimum absolute atomic E-state index is 0. The summed E-state index contributed by atoms with van der Waals surface area (Å²) in [6, 6.07) is 0. The van der Waals surface area contributed by atoms with E-state index in [9.17, 15) is 29.7 Å². The molecule has 0 saturated heterocycles. The average Bonchev–Trinajstić information content (AvgIpc) is 2.50. The van der Waals surface area contributed by atoms with Crippen LogP contribution in [0, 0.1) is 0 Å². The molecule has 0 N–H and O–H groups in total. The van der Waals surface area contributed by atoms with Gasteiger partial charge in [0.1, 0.15) is 0 Å². The van der Waals surface area contributed by atoms with Gasteiger partial charge in [-0.15, -0.1) is 0 Å². The molecule has 1 aliphatic carbocycles. The summed E-state index contributed by atoms with van der Waals surface area (Å²) in [4.78, 5) is 28.5. The molecule has 148 valence electrons. The molecule has 25 heavy (non-hydrogen) atoms. The number of carbonyl (C=O) groups excluding carboxylic acids is 3. The van der Waals surface area contributed by atoms with Crippen molar-refractivity contribution in [2.45, 2.75) is 97.8 Å². The van der Waals surface area contributed by atoms with E-state index in [0.29, 0.717) is 19.3 Å². The van der Waals surface area contributed by atoms with Crippen molar-refractivity contribution in [2.75, 3.05) is 0 Å². The molecule has 0 atom stereocenters. The third-order valence-corrected chi connectivity index (χ3v) is 2.86. The van der Waals surface area contributed by atoms with Crippen LogP contribution in [-0.4, -0.2) is 17.9 Å². The second-order valence-electron chi connectivity index (χ2n) is 5.49. The van der Waals surface area contributed by atoms with E-state index in [4.69, 9.17) is 0 Å². The third kappa shape index (κ3) is 51.8. The molecular weight excluding hydrogens is 367 g/mol. The number of aliphatic carboxylic acids is 3. The largest absolute Gasteiger partial charge is 3.00 e. The molecule has 0 aromatic heterocycles. The van der Waals surface area contributed by atoms with Crippen LogP contribution in [0.4, 0.5) is 0 Å². The second-order valence-corrected chi connectivity index (χ2v) is 5.49. The first kappa shape index (κ1) is 31.7. The van der Waals surface area contributed by atoms with Crippen LogP contribution in [0.15, 0.2) is 0 Å². The summed E-state index contributed by atoms with van der Waals surface area (Å²) in [7, 11) is 0. The normalized spacial score (nSPS) is 11.6. The van der Waals surface area contributed by atoms with Crippen molar-refractivity contribution in [2.24, 2.45) is 0 Å². The Morgan fingerprint density at radius 2 is 0.720 bits per heavy atom. The van der Waals surface area contributed by atoms with E-state index in [1.165, 1.54) is 38.5 Å². The van der Waals surface area contributed by atoms with Crippen LogP contribution in [0.1, 0.15) is 97.8 Å². The summed E-state index contributed by atoms with van der Waals surface area (Å²) in [6.45, 7) is 5.40. The van der Waals surface area contributed by atoms with Gasteiger partial charge in [-0.05, 0) is 19.3 Å². The summed E-state index contributed by atoms with van der Waals surface area (Å²) in [5.41, 5.74) is 0. The minimum atomic E-state index is -0.961. The van der Waals surface area contributed by atoms with Gasteiger partial charge in [0, 0.05) is 17.9 Å². The minimum Gasteiger partial charge on any atom is -0.550 e. The molecule has 0 unspecified atom stereocenters. The van der Waals surface area contributed by atoms with Crippen molar-refractivity contribution < 1.29 is 46.8 Å². The van der Waals surface area contributed by atoms with Crippen molar-refractivity contribution in [3.8, 4) is 0 Å². The molecule has 0 aromatic rings. The van der Waals surface area contributed by atoms with Gasteiger partial charge in [0.2, 0.25) is 0 Å². The average molecular weight is 400 g/mol. The molecule has 1 aliphatic rings. The predicted molar refractivity (Wildman–Crippen MR) is 87.4 cm³/mol. The van der Waals surface area contributed by atoms with Gasteiger partial charge >= 0.3 is 17.1 Å². The molecule has 0 radical (unpaired) electrons. The van der Waals surface area contributed by atoms with E-state index in [0.717, 1.165) is 0 Å². The molecule has 0 aliphatic heterocycles. The summed E-state index contributed by atoms with van der Waals surface area (Å²) >= 11 is 0. The van der Waals surface area contributed by atoms with E-state index in [1.807, 2.05) is 0 Å². The Balaban J connectivity index is -0.000000116. The Bertz CT molecular complexity index is 254. The molecule has 0 amide bonds. The first-order valence-electron chi connectivity index (χ1n) is 8.91. The van der Waals surface area contributed by atoms with Gasteiger partial charge in [-0.25, -0.2) is 0 Å². The van der Waals surface area contributed by atoms with Crippen molar-refractivity contribution >= 4 is 17.9 Å². The van der Waals surface area contributed by atoms with E-state index < -0.39 is 17.9 Å². The van der Waals surface area contributed by atoms with Gasteiger partial charge in [0.15, 0.2) is 0 Å². The molecule has 0 aromatic carbocycles. The monoisotopic (exact) mass is 400 g/mol. The van der Waals surface area contributed by atoms with Crippen LogP contribution in [0.25, 0.3) is 0 Å². The van der Waals surface area contributed by atoms with E-state index in [2.05, 4.69) is 0 Å².